The van der Waals surface area contributed by atoms with Crippen LogP contribution < -0.4 is 5.32 Å². The fourth-order valence-corrected chi connectivity index (χ4v) is 1.93. The van der Waals surface area contributed by atoms with Crippen molar-refractivity contribution in [2.75, 3.05) is 26.4 Å². The van der Waals surface area contributed by atoms with Crippen molar-refractivity contribution in [3.63, 3.8) is 0 Å². The normalized spacial score (nSPS) is 20.4. The van der Waals surface area contributed by atoms with Gasteiger partial charge in [0.05, 0.1) is 6.10 Å². The SMILES string of the molecule is CCNC(C)CCCOC1CCOCC1. The predicted molar refractivity (Wildman–Crippen MR) is 62.2 cm³/mol. The maximum absolute atomic E-state index is 5.80. The topological polar surface area (TPSA) is 30.5 Å². The van der Waals surface area contributed by atoms with Gasteiger partial charge in [0.15, 0.2) is 0 Å². The van der Waals surface area contributed by atoms with Gasteiger partial charge in [0.25, 0.3) is 0 Å². The van der Waals surface area contributed by atoms with E-state index in [9.17, 15) is 0 Å². The van der Waals surface area contributed by atoms with Gasteiger partial charge in [-0.3, -0.25) is 0 Å². The van der Waals surface area contributed by atoms with E-state index >= 15 is 0 Å². The van der Waals surface area contributed by atoms with Gasteiger partial charge in [0, 0.05) is 25.9 Å². The first-order chi connectivity index (χ1) is 7.33. The van der Waals surface area contributed by atoms with E-state index < -0.39 is 0 Å². The molecule has 1 N–H and O–H groups in total. The number of nitrogens with one attached hydrogen (secondary N) is 1. The Morgan fingerprint density at radius 2 is 2.13 bits per heavy atom. The third-order valence-corrected chi connectivity index (χ3v) is 2.86. The van der Waals surface area contributed by atoms with Crippen molar-refractivity contribution in [3.05, 3.63) is 0 Å². The summed E-state index contributed by atoms with van der Waals surface area (Å²) in [4.78, 5) is 0. The van der Waals surface area contributed by atoms with Gasteiger partial charge in [-0.25, -0.2) is 0 Å². The highest BCUT2D eigenvalue weighted by Gasteiger charge is 2.13. The van der Waals surface area contributed by atoms with Crippen LogP contribution in [0.15, 0.2) is 0 Å². The molecule has 1 aliphatic heterocycles. The Morgan fingerprint density at radius 3 is 2.80 bits per heavy atom. The fourth-order valence-electron chi connectivity index (χ4n) is 1.93. The zero-order chi connectivity index (χ0) is 10.9. The molecular weight excluding hydrogens is 190 g/mol. The molecular formula is C12H25NO2. The van der Waals surface area contributed by atoms with Crippen LogP contribution in [0.2, 0.25) is 0 Å². The van der Waals surface area contributed by atoms with E-state index in [1.807, 2.05) is 0 Å². The monoisotopic (exact) mass is 215 g/mol. The maximum atomic E-state index is 5.80. The summed E-state index contributed by atoms with van der Waals surface area (Å²) >= 11 is 0. The van der Waals surface area contributed by atoms with Crippen molar-refractivity contribution in [3.8, 4) is 0 Å². The van der Waals surface area contributed by atoms with Crippen LogP contribution in [0.25, 0.3) is 0 Å². The molecule has 1 unspecified atom stereocenters. The number of hydrogen-bond donors (Lipinski definition) is 1. The maximum Gasteiger partial charge on any atom is 0.0619 e. The largest absolute Gasteiger partial charge is 0.381 e. The molecule has 1 fully saturated rings. The fraction of sp³-hybridized carbons (Fsp3) is 1.00. The zero-order valence-electron chi connectivity index (χ0n) is 10.1. The smallest absolute Gasteiger partial charge is 0.0619 e. The van der Waals surface area contributed by atoms with Crippen LogP contribution in [0.1, 0.15) is 39.5 Å². The van der Waals surface area contributed by atoms with Crippen molar-refractivity contribution < 1.29 is 9.47 Å². The van der Waals surface area contributed by atoms with E-state index in [1.54, 1.807) is 0 Å². The molecule has 1 atom stereocenters. The molecule has 0 aromatic heterocycles. The first kappa shape index (κ1) is 12.9. The molecule has 90 valence electrons. The Balaban J connectivity index is 1.91. The van der Waals surface area contributed by atoms with Crippen molar-refractivity contribution in [2.45, 2.75) is 51.7 Å². The second-order valence-electron chi connectivity index (χ2n) is 4.28. The van der Waals surface area contributed by atoms with E-state index in [0.717, 1.165) is 45.6 Å². The van der Waals surface area contributed by atoms with Gasteiger partial charge in [0.2, 0.25) is 0 Å². The van der Waals surface area contributed by atoms with Crippen LogP contribution in [-0.2, 0) is 9.47 Å². The lowest BCUT2D eigenvalue weighted by Crippen LogP contribution is -2.27. The molecule has 0 aliphatic carbocycles. The minimum absolute atomic E-state index is 0.452. The lowest BCUT2D eigenvalue weighted by atomic mass is 10.1. The standard InChI is InChI=1S/C12H25NO2/c1-3-13-11(2)5-4-8-15-12-6-9-14-10-7-12/h11-13H,3-10H2,1-2H3. The molecule has 1 heterocycles. The Bertz CT molecular complexity index is 147. The van der Waals surface area contributed by atoms with E-state index in [-0.39, 0.29) is 0 Å². The third kappa shape index (κ3) is 6.13. The summed E-state index contributed by atoms with van der Waals surface area (Å²) in [6.07, 6.45) is 4.96. The first-order valence-electron chi connectivity index (χ1n) is 6.25. The van der Waals surface area contributed by atoms with E-state index in [4.69, 9.17) is 9.47 Å². The van der Waals surface area contributed by atoms with Gasteiger partial charge in [-0.05, 0) is 39.2 Å². The molecule has 3 nitrogen and oxygen atoms in total. The molecule has 0 radical (unpaired) electrons. The second kappa shape index (κ2) is 8.08. The lowest BCUT2D eigenvalue weighted by molar-refractivity contribution is -0.0329. The van der Waals surface area contributed by atoms with Crippen molar-refractivity contribution >= 4 is 0 Å². The van der Waals surface area contributed by atoms with Crippen LogP contribution in [0.4, 0.5) is 0 Å². The van der Waals surface area contributed by atoms with Crippen LogP contribution in [-0.4, -0.2) is 38.5 Å². The highest BCUT2D eigenvalue weighted by molar-refractivity contribution is 4.63. The van der Waals surface area contributed by atoms with Crippen LogP contribution in [0.3, 0.4) is 0 Å². The van der Waals surface area contributed by atoms with Crippen LogP contribution >= 0.6 is 0 Å². The Morgan fingerprint density at radius 1 is 1.40 bits per heavy atom. The summed E-state index contributed by atoms with van der Waals surface area (Å²) in [5, 5.41) is 3.41. The molecule has 1 rings (SSSR count). The summed E-state index contributed by atoms with van der Waals surface area (Å²) in [7, 11) is 0. The van der Waals surface area contributed by atoms with Crippen molar-refractivity contribution in [1.82, 2.24) is 5.32 Å². The zero-order valence-corrected chi connectivity index (χ0v) is 10.1. The van der Waals surface area contributed by atoms with Crippen molar-refractivity contribution in [2.24, 2.45) is 0 Å². The Labute approximate surface area is 93.5 Å². The minimum atomic E-state index is 0.452. The Kier molecular flexibility index (Phi) is 6.98. The molecule has 0 bridgehead atoms. The first-order valence-corrected chi connectivity index (χ1v) is 6.25. The second-order valence-corrected chi connectivity index (χ2v) is 4.28. The number of rotatable bonds is 7. The molecule has 0 aromatic carbocycles. The quantitative estimate of drug-likeness (QED) is 0.659. The molecule has 0 aromatic rings. The molecule has 15 heavy (non-hydrogen) atoms. The Hall–Kier alpha value is -0.120. The molecule has 0 saturated carbocycles. The predicted octanol–water partition coefficient (Wildman–Crippen LogP) is 1.96. The van der Waals surface area contributed by atoms with Gasteiger partial charge in [0.1, 0.15) is 0 Å². The molecule has 3 heteroatoms. The molecule has 1 aliphatic rings. The average molecular weight is 215 g/mol. The molecule has 0 amide bonds. The summed E-state index contributed by atoms with van der Waals surface area (Å²) < 4.78 is 11.1. The third-order valence-electron chi connectivity index (χ3n) is 2.86. The average Bonchev–Trinajstić information content (AvgIpc) is 2.26. The summed E-state index contributed by atoms with van der Waals surface area (Å²) in [6, 6.07) is 0.619. The highest BCUT2D eigenvalue weighted by Crippen LogP contribution is 2.11. The van der Waals surface area contributed by atoms with Gasteiger partial charge in [-0.15, -0.1) is 0 Å². The number of hydrogen-bond acceptors (Lipinski definition) is 3. The molecule has 1 saturated heterocycles. The van der Waals surface area contributed by atoms with Crippen LogP contribution in [0.5, 0.6) is 0 Å². The highest BCUT2D eigenvalue weighted by atomic mass is 16.5. The van der Waals surface area contributed by atoms with Gasteiger partial charge in [-0.2, -0.15) is 0 Å². The summed E-state index contributed by atoms with van der Waals surface area (Å²) in [5.74, 6) is 0. The molecule has 0 spiro atoms. The lowest BCUT2D eigenvalue weighted by Gasteiger charge is -2.22. The van der Waals surface area contributed by atoms with Crippen molar-refractivity contribution in [1.29, 1.82) is 0 Å². The van der Waals surface area contributed by atoms with Gasteiger partial charge >= 0.3 is 0 Å². The van der Waals surface area contributed by atoms with Gasteiger partial charge < -0.3 is 14.8 Å². The summed E-state index contributed by atoms with van der Waals surface area (Å²) in [5.41, 5.74) is 0. The summed E-state index contributed by atoms with van der Waals surface area (Å²) in [6.45, 7) is 8.09. The van der Waals surface area contributed by atoms with Crippen LogP contribution in [0, 0.1) is 0 Å². The minimum Gasteiger partial charge on any atom is -0.381 e. The van der Waals surface area contributed by atoms with E-state index in [2.05, 4.69) is 19.2 Å². The van der Waals surface area contributed by atoms with E-state index in [0.29, 0.717) is 12.1 Å². The van der Waals surface area contributed by atoms with Gasteiger partial charge in [-0.1, -0.05) is 6.92 Å². The number of ether oxygens (including phenoxy) is 2. The van der Waals surface area contributed by atoms with E-state index in [1.165, 1.54) is 6.42 Å².